The third-order valence-corrected chi connectivity index (χ3v) is 2.53. The Morgan fingerprint density at radius 1 is 1.69 bits per heavy atom. The minimum absolute atomic E-state index is 0.349. The predicted molar refractivity (Wildman–Crippen MR) is 46.5 cm³/mol. The number of nitrogens with one attached hydrogen (secondary N) is 1. The van der Waals surface area contributed by atoms with E-state index in [1.54, 1.807) is 6.07 Å². The molecule has 0 radical (unpaired) electrons. The van der Waals surface area contributed by atoms with Gasteiger partial charge in [-0.15, -0.1) is 0 Å². The summed E-state index contributed by atoms with van der Waals surface area (Å²) in [7, 11) is 1.37. The van der Waals surface area contributed by atoms with Crippen LogP contribution in [-0.2, 0) is 4.74 Å². The van der Waals surface area contributed by atoms with Crippen LogP contribution in [0.15, 0.2) is 6.07 Å². The van der Waals surface area contributed by atoms with Crippen molar-refractivity contribution < 1.29 is 9.53 Å². The molecule has 4 heteroatoms. The Labute approximate surface area is 76.3 Å². The predicted octanol–water partition coefficient (Wildman–Crippen LogP) is 1.46. The first-order valence-electron chi connectivity index (χ1n) is 4.45. The average molecular weight is 180 g/mol. The molecule has 0 unspecified atom stereocenters. The maximum atomic E-state index is 11.1. The molecule has 1 saturated carbocycles. The molecule has 1 fully saturated rings. The maximum absolute atomic E-state index is 11.1. The molecule has 0 aliphatic heterocycles. The largest absolute Gasteiger partial charge is 0.464 e. The molecular weight excluding hydrogens is 168 g/mol. The number of hydrogen-bond donors (Lipinski definition) is 1. The van der Waals surface area contributed by atoms with Gasteiger partial charge in [0.25, 0.3) is 0 Å². The van der Waals surface area contributed by atoms with E-state index in [4.69, 9.17) is 0 Å². The molecule has 70 valence electrons. The van der Waals surface area contributed by atoms with Crippen LogP contribution >= 0.6 is 0 Å². The van der Waals surface area contributed by atoms with Crippen LogP contribution < -0.4 is 0 Å². The van der Waals surface area contributed by atoms with Gasteiger partial charge in [0, 0.05) is 5.92 Å². The first-order valence-corrected chi connectivity index (χ1v) is 4.45. The number of aromatic amines is 1. The number of aromatic nitrogens is 2. The lowest BCUT2D eigenvalue weighted by Crippen LogP contribution is -2.08. The van der Waals surface area contributed by atoms with Crippen molar-refractivity contribution in [2.45, 2.75) is 25.2 Å². The van der Waals surface area contributed by atoms with E-state index in [0.29, 0.717) is 11.6 Å². The van der Waals surface area contributed by atoms with Crippen LogP contribution in [0.3, 0.4) is 0 Å². The molecule has 0 aromatic carbocycles. The Morgan fingerprint density at radius 3 is 3.00 bits per heavy atom. The molecule has 1 aliphatic rings. The van der Waals surface area contributed by atoms with Crippen LogP contribution in [0.4, 0.5) is 0 Å². The summed E-state index contributed by atoms with van der Waals surface area (Å²) in [4.78, 5) is 11.1. The summed E-state index contributed by atoms with van der Waals surface area (Å²) in [6, 6.07) is 1.79. The van der Waals surface area contributed by atoms with Crippen molar-refractivity contribution in [1.29, 1.82) is 0 Å². The molecule has 13 heavy (non-hydrogen) atoms. The number of nitrogens with zero attached hydrogens (tertiary/aromatic N) is 1. The van der Waals surface area contributed by atoms with E-state index in [-0.39, 0.29) is 5.97 Å². The van der Waals surface area contributed by atoms with Gasteiger partial charge in [0.15, 0.2) is 0 Å². The molecule has 1 aromatic heterocycles. The molecule has 4 nitrogen and oxygen atoms in total. The molecule has 1 aromatic rings. The lowest BCUT2D eigenvalue weighted by Gasteiger charge is -2.22. The van der Waals surface area contributed by atoms with Crippen molar-refractivity contribution in [3.8, 4) is 0 Å². The number of ether oxygens (including phenoxy) is 1. The summed E-state index contributed by atoms with van der Waals surface area (Å²) in [6.45, 7) is 0. The van der Waals surface area contributed by atoms with Crippen molar-refractivity contribution in [2.24, 2.45) is 0 Å². The smallest absolute Gasteiger partial charge is 0.356 e. The third kappa shape index (κ3) is 1.43. The first kappa shape index (κ1) is 8.29. The SMILES string of the molecule is COC(=O)c1cc(C2CCC2)n[nH]1. The fourth-order valence-corrected chi connectivity index (χ4v) is 1.46. The minimum Gasteiger partial charge on any atom is -0.464 e. The summed E-state index contributed by atoms with van der Waals surface area (Å²) >= 11 is 0. The second kappa shape index (κ2) is 3.20. The molecule has 0 atom stereocenters. The molecule has 0 bridgehead atoms. The van der Waals surface area contributed by atoms with Gasteiger partial charge < -0.3 is 4.74 Å². The summed E-state index contributed by atoms with van der Waals surface area (Å²) in [6.07, 6.45) is 3.64. The van der Waals surface area contributed by atoms with E-state index in [0.717, 1.165) is 5.69 Å². The van der Waals surface area contributed by atoms with Gasteiger partial charge in [-0.1, -0.05) is 6.42 Å². The fraction of sp³-hybridized carbons (Fsp3) is 0.556. The minimum atomic E-state index is -0.349. The molecule has 1 N–H and O–H groups in total. The van der Waals surface area contributed by atoms with Crippen LogP contribution in [0.1, 0.15) is 41.4 Å². The summed E-state index contributed by atoms with van der Waals surface area (Å²) in [5.41, 5.74) is 1.44. The Kier molecular flexibility index (Phi) is 2.04. The van der Waals surface area contributed by atoms with Gasteiger partial charge in [-0.3, -0.25) is 5.10 Å². The Bertz CT molecular complexity index is 315. The second-order valence-electron chi connectivity index (χ2n) is 3.33. The van der Waals surface area contributed by atoms with Gasteiger partial charge in [-0.05, 0) is 18.9 Å². The number of rotatable bonds is 2. The summed E-state index contributed by atoms with van der Waals surface area (Å²) in [5.74, 6) is 0.202. The van der Waals surface area contributed by atoms with Crippen molar-refractivity contribution in [1.82, 2.24) is 10.2 Å². The van der Waals surface area contributed by atoms with Gasteiger partial charge in [0.1, 0.15) is 5.69 Å². The summed E-state index contributed by atoms with van der Waals surface area (Å²) in [5, 5.41) is 6.76. The first-order chi connectivity index (χ1) is 6.31. The molecule has 1 heterocycles. The number of H-pyrrole nitrogens is 1. The lowest BCUT2D eigenvalue weighted by atomic mass is 9.83. The third-order valence-electron chi connectivity index (χ3n) is 2.53. The van der Waals surface area contributed by atoms with Crippen molar-refractivity contribution in [2.75, 3.05) is 7.11 Å². The number of esters is 1. The van der Waals surface area contributed by atoms with E-state index in [2.05, 4.69) is 14.9 Å². The number of carbonyl (C=O) groups is 1. The molecule has 1 aliphatic carbocycles. The fourth-order valence-electron chi connectivity index (χ4n) is 1.46. The maximum Gasteiger partial charge on any atom is 0.356 e. The van der Waals surface area contributed by atoms with Crippen molar-refractivity contribution in [3.05, 3.63) is 17.5 Å². The quantitative estimate of drug-likeness (QED) is 0.701. The number of carbonyl (C=O) groups excluding carboxylic acids is 1. The van der Waals surface area contributed by atoms with E-state index < -0.39 is 0 Å². The zero-order chi connectivity index (χ0) is 9.26. The standard InChI is InChI=1S/C9H12N2O2/c1-13-9(12)8-5-7(10-11-8)6-3-2-4-6/h5-6H,2-4H2,1H3,(H,10,11). The number of methoxy groups -OCH3 is 1. The highest BCUT2D eigenvalue weighted by Crippen LogP contribution is 2.35. The van der Waals surface area contributed by atoms with Gasteiger partial charge >= 0.3 is 5.97 Å². The van der Waals surface area contributed by atoms with Crippen molar-refractivity contribution in [3.63, 3.8) is 0 Å². The Balaban J connectivity index is 2.12. The zero-order valence-electron chi connectivity index (χ0n) is 7.54. The molecular formula is C9H12N2O2. The van der Waals surface area contributed by atoms with Crippen LogP contribution in [0.25, 0.3) is 0 Å². The lowest BCUT2D eigenvalue weighted by molar-refractivity contribution is 0.0594. The van der Waals surface area contributed by atoms with E-state index >= 15 is 0 Å². The summed E-state index contributed by atoms with van der Waals surface area (Å²) < 4.78 is 4.57. The van der Waals surface area contributed by atoms with Gasteiger partial charge in [-0.2, -0.15) is 5.10 Å². The zero-order valence-corrected chi connectivity index (χ0v) is 7.54. The molecule has 0 amide bonds. The van der Waals surface area contributed by atoms with Gasteiger partial charge in [0.2, 0.25) is 0 Å². The Hall–Kier alpha value is -1.32. The molecule has 0 saturated heterocycles. The van der Waals surface area contributed by atoms with Crippen LogP contribution in [-0.4, -0.2) is 23.3 Å². The number of hydrogen-bond acceptors (Lipinski definition) is 3. The normalized spacial score (nSPS) is 16.7. The highest BCUT2D eigenvalue weighted by atomic mass is 16.5. The highest BCUT2D eigenvalue weighted by Gasteiger charge is 2.23. The Morgan fingerprint density at radius 2 is 2.46 bits per heavy atom. The van der Waals surface area contributed by atoms with Crippen LogP contribution in [0, 0.1) is 0 Å². The topological polar surface area (TPSA) is 55.0 Å². The average Bonchev–Trinajstić information content (AvgIpc) is 2.49. The van der Waals surface area contributed by atoms with Crippen molar-refractivity contribution >= 4 is 5.97 Å². The molecule has 2 rings (SSSR count). The van der Waals surface area contributed by atoms with Crippen LogP contribution in [0.2, 0.25) is 0 Å². The van der Waals surface area contributed by atoms with E-state index in [1.165, 1.54) is 26.4 Å². The van der Waals surface area contributed by atoms with Crippen LogP contribution in [0.5, 0.6) is 0 Å². The highest BCUT2D eigenvalue weighted by molar-refractivity contribution is 5.87. The monoisotopic (exact) mass is 180 g/mol. The molecule has 0 spiro atoms. The second-order valence-corrected chi connectivity index (χ2v) is 3.33. The van der Waals surface area contributed by atoms with E-state index in [9.17, 15) is 4.79 Å². The van der Waals surface area contributed by atoms with Gasteiger partial charge in [0.05, 0.1) is 12.8 Å². The van der Waals surface area contributed by atoms with E-state index in [1.807, 2.05) is 0 Å². The van der Waals surface area contributed by atoms with Gasteiger partial charge in [-0.25, -0.2) is 4.79 Å².